The van der Waals surface area contributed by atoms with E-state index < -0.39 is 0 Å². The molecule has 6 heteroatoms. The lowest BCUT2D eigenvalue weighted by atomic mass is 9.92. The topological polar surface area (TPSA) is 32.3 Å². The van der Waals surface area contributed by atoms with Crippen LogP contribution < -0.4 is 5.32 Å². The Labute approximate surface area is 152 Å². The number of hydrogen-bond acceptors (Lipinski definition) is 3. The number of likely N-dealkylation sites (tertiary alicyclic amines) is 1. The molecule has 2 fully saturated rings. The summed E-state index contributed by atoms with van der Waals surface area (Å²) >= 11 is 13.7. The van der Waals surface area contributed by atoms with Gasteiger partial charge < -0.3 is 10.2 Å². The van der Waals surface area contributed by atoms with Gasteiger partial charge in [0.25, 0.3) is 0 Å². The Morgan fingerprint density at radius 2 is 1.91 bits per heavy atom. The third-order valence-corrected chi connectivity index (χ3v) is 6.42. The molecule has 23 heavy (non-hydrogen) atoms. The van der Waals surface area contributed by atoms with Crippen molar-refractivity contribution in [1.82, 2.24) is 10.2 Å². The van der Waals surface area contributed by atoms with Crippen molar-refractivity contribution in [1.29, 1.82) is 0 Å². The molecule has 1 aromatic carbocycles. The second-order valence-corrected chi connectivity index (χ2v) is 8.19. The van der Waals surface area contributed by atoms with Crippen LogP contribution >= 0.6 is 35.0 Å². The largest absolute Gasteiger partial charge is 0.342 e. The quantitative estimate of drug-likeness (QED) is 0.874. The molecule has 126 valence electrons. The van der Waals surface area contributed by atoms with Crippen LogP contribution in [0.5, 0.6) is 0 Å². The minimum atomic E-state index is 0.257. The van der Waals surface area contributed by atoms with Crippen LogP contribution in [0.15, 0.2) is 18.2 Å². The molecule has 0 saturated carbocycles. The van der Waals surface area contributed by atoms with E-state index in [0.717, 1.165) is 62.2 Å². The maximum absolute atomic E-state index is 12.4. The number of nitrogens with zero attached hydrogens (tertiary/aromatic N) is 1. The first-order chi connectivity index (χ1) is 11.1. The molecular weight excluding hydrogens is 351 g/mol. The highest BCUT2D eigenvalue weighted by Crippen LogP contribution is 2.28. The molecular formula is C17H22Cl2N2OS. The second kappa shape index (κ2) is 8.11. The standard InChI is InChI=1S/C17H22Cl2N2OS/c18-15-2-1-14(16(19)7-15)10-23-11-17(22)21-5-3-12-8-20-9-13(12)4-6-21/h1-2,7,12-13,20H,3-6,8-11H2/t12-,13+. The van der Waals surface area contributed by atoms with Crippen molar-refractivity contribution in [2.45, 2.75) is 18.6 Å². The van der Waals surface area contributed by atoms with Crippen molar-refractivity contribution in [2.75, 3.05) is 31.9 Å². The maximum atomic E-state index is 12.4. The van der Waals surface area contributed by atoms with Crippen LogP contribution in [-0.4, -0.2) is 42.7 Å². The van der Waals surface area contributed by atoms with Crippen LogP contribution in [0.3, 0.4) is 0 Å². The van der Waals surface area contributed by atoms with Gasteiger partial charge in [0.05, 0.1) is 5.75 Å². The molecule has 3 rings (SSSR count). The summed E-state index contributed by atoms with van der Waals surface area (Å²) in [6.07, 6.45) is 2.27. The van der Waals surface area contributed by atoms with Gasteiger partial charge in [0.15, 0.2) is 0 Å². The van der Waals surface area contributed by atoms with E-state index in [4.69, 9.17) is 23.2 Å². The maximum Gasteiger partial charge on any atom is 0.232 e. The van der Waals surface area contributed by atoms with Gasteiger partial charge in [0.1, 0.15) is 0 Å². The van der Waals surface area contributed by atoms with E-state index in [-0.39, 0.29) is 5.91 Å². The zero-order chi connectivity index (χ0) is 16.2. The molecule has 1 aromatic rings. The Morgan fingerprint density at radius 3 is 2.57 bits per heavy atom. The lowest BCUT2D eigenvalue weighted by Gasteiger charge is -2.20. The first-order valence-electron chi connectivity index (χ1n) is 8.13. The van der Waals surface area contributed by atoms with Gasteiger partial charge in [-0.1, -0.05) is 29.3 Å². The first-order valence-corrected chi connectivity index (χ1v) is 10.0. The molecule has 0 aromatic heterocycles. The van der Waals surface area contributed by atoms with Gasteiger partial charge in [0, 0.05) is 28.9 Å². The molecule has 0 radical (unpaired) electrons. The van der Waals surface area contributed by atoms with Crippen molar-refractivity contribution in [3.8, 4) is 0 Å². The number of amides is 1. The van der Waals surface area contributed by atoms with E-state index in [9.17, 15) is 4.79 Å². The zero-order valence-corrected chi connectivity index (χ0v) is 15.4. The average Bonchev–Trinajstić information content (AvgIpc) is 2.88. The van der Waals surface area contributed by atoms with Crippen LogP contribution in [0.4, 0.5) is 0 Å². The van der Waals surface area contributed by atoms with Gasteiger partial charge in [-0.3, -0.25) is 4.79 Å². The van der Waals surface area contributed by atoms with Gasteiger partial charge in [-0.15, -0.1) is 11.8 Å². The van der Waals surface area contributed by atoms with Gasteiger partial charge in [-0.05, 0) is 55.5 Å². The zero-order valence-electron chi connectivity index (χ0n) is 13.1. The Kier molecular flexibility index (Phi) is 6.13. The number of carbonyl (C=O) groups excluding carboxylic acids is 1. The van der Waals surface area contributed by atoms with Crippen LogP contribution in [-0.2, 0) is 10.5 Å². The van der Waals surface area contributed by atoms with Crippen molar-refractivity contribution in [2.24, 2.45) is 11.8 Å². The molecule has 0 bridgehead atoms. The fourth-order valence-electron chi connectivity index (χ4n) is 3.45. The van der Waals surface area contributed by atoms with Crippen molar-refractivity contribution >= 4 is 40.9 Å². The number of nitrogens with one attached hydrogen (secondary N) is 1. The Hall–Kier alpha value is -0.420. The van der Waals surface area contributed by atoms with Gasteiger partial charge >= 0.3 is 0 Å². The molecule has 1 N–H and O–H groups in total. The monoisotopic (exact) mass is 372 g/mol. The molecule has 2 heterocycles. The molecule has 2 aliphatic heterocycles. The van der Waals surface area contributed by atoms with E-state index in [0.29, 0.717) is 15.8 Å². The smallest absolute Gasteiger partial charge is 0.232 e. The molecule has 0 spiro atoms. The summed E-state index contributed by atoms with van der Waals surface area (Å²) in [5.41, 5.74) is 1.03. The molecule has 2 saturated heterocycles. The number of benzene rings is 1. The predicted octanol–water partition coefficient (Wildman–Crippen LogP) is 3.68. The second-order valence-electron chi connectivity index (χ2n) is 6.37. The summed E-state index contributed by atoms with van der Waals surface area (Å²) in [7, 11) is 0. The summed E-state index contributed by atoms with van der Waals surface area (Å²) in [4.78, 5) is 14.5. The average molecular weight is 373 g/mol. The normalized spacial score (nSPS) is 24.3. The van der Waals surface area contributed by atoms with Crippen LogP contribution in [0.1, 0.15) is 18.4 Å². The molecule has 0 unspecified atom stereocenters. The predicted molar refractivity (Wildman–Crippen MR) is 98.3 cm³/mol. The van der Waals surface area contributed by atoms with Crippen LogP contribution in [0, 0.1) is 11.8 Å². The van der Waals surface area contributed by atoms with Crippen molar-refractivity contribution < 1.29 is 4.79 Å². The Bertz CT molecular complexity index is 556. The Balaban J connectivity index is 1.45. The highest BCUT2D eigenvalue weighted by molar-refractivity contribution is 7.99. The molecule has 3 nitrogen and oxygen atoms in total. The number of thioether (sulfide) groups is 1. The minimum absolute atomic E-state index is 0.257. The van der Waals surface area contributed by atoms with E-state index in [1.54, 1.807) is 17.8 Å². The summed E-state index contributed by atoms with van der Waals surface area (Å²) < 4.78 is 0. The third-order valence-electron chi connectivity index (χ3n) is 4.87. The van der Waals surface area contributed by atoms with Crippen LogP contribution in [0.2, 0.25) is 10.0 Å². The number of hydrogen-bond donors (Lipinski definition) is 1. The van der Waals surface area contributed by atoms with E-state index in [1.807, 2.05) is 12.1 Å². The fraction of sp³-hybridized carbons (Fsp3) is 0.588. The van der Waals surface area contributed by atoms with Crippen molar-refractivity contribution in [3.63, 3.8) is 0 Å². The summed E-state index contributed by atoms with van der Waals surface area (Å²) in [5, 5.41) is 4.78. The molecule has 1 amide bonds. The van der Waals surface area contributed by atoms with E-state index >= 15 is 0 Å². The first kappa shape index (κ1) is 17.4. The lowest BCUT2D eigenvalue weighted by Crippen LogP contribution is -2.34. The summed E-state index contributed by atoms with van der Waals surface area (Å²) in [6, 6.07) is 5.53. The summed E-state index contributed by atoms with van der Waals surface area (Å²) in [5.74, 6) is 3.03. The van der Waals surface area contributed by atoms with Crippen molar-refractivity contribution in [3.05, 3.63) is 33.8 Å². The van der Waals surface area contributed by atoms with E-state index in [2.05, 4.69) is 10.2 Å². The highest BCUT2D eigenvalue weighted by Gasteiger charge is 2.31. The number of carbonyl (C=O) groups is 1. The number of halogens is 2. The summed E-state index contributed by atoms with van der Waals surface area (Å²) in [6.45, 7) is 4.06. The highest BCUT2D eigenvalue weighted by atomic mass is 35.5. The molecule has 2 atom stereocenters. The van der Waals surface area contributed by atoms with Gasteiger partial charge in [-0.25, -0.2) is 0 Å². The van der Waals surface area contributed by atoms with Crippen LogP contribution in [0.25, 0.3) is 0 Å². The van der Waals surface area contributed by atoms with Gasteiger partial charge in [-0.2, -0.15) is 0 Å². The van der Waals surface area contributed by atoms with Gasteiger partial charge in [0.2, 0.25) is 5.91 Å². The van der Waals surface area contributed by atoms with E-state index in [1.165, 1.54) is 0 Å². The minimum Gasteiger partial charge on any atom is -0.342 e. The fourth-order valence-corrected chi connectivity index (χ4v) is 4.93. The SMILES string of the molecule is O=C(CSCc1ccc(Cl)cc1Cl)N1CC[C@@H]2CNC[C@@H]2CC1. The number of rotatable bonds is 4. The Morgan fingerprint density at radius 1 is 1.22 bits per heavy atom. The lowest BCUT2D eigenvalue weighted by molar-refractivity contribution is -0.128. The number of fused-ring (bicyclic) bond motifs is 1. The molecule has 0 aliphatic carbocycles. The molecule has 2 aliphatic rings. The third kappa shape index (κ3) is 4.56.